The molecule has 0 aliphatic carbocycles. The molecule has 0 N–H and O–H groups in total. The summed E-state index contributed by atoms with van der Waals surface area (Å²) in [6.45, 7) is 2.24. The van der Waals surface area contributed by atoms with Gasteiger partial charge in [0.25, 0.3) is 0 Å². The third-order valence-electron chi connectivity index (χ3n) is 6.87. The number of amides is 1. The molecule has 0 bridgehead atoms. The van der Waals surface area contributed by atoms with E-state index in [0.29, 0.717) is 22.3 Å². The van der Waals surface area contributed by atoms with Gasteiger partial charge in [-0.05, 0) is 48.4 Å². The van der Waals surface area contributed by atoms with Crippen LogP contribution >= 0.6 is 0 Å². The number of rotatable bonds is 7. The summed E-state index contributed by atoms with van der Waals surface area (Å²) in [5.74, 6) is -2.88. The fourth-order valence-corrected chi connectivity index (χ4v) is 4.96. The van der Waals surface area contributed by atoms with Crippen LogP contribution in [0.25, 0.3) is 0 Å². The molecule has 0 radical (unpaired) electrons. The Labute approximate surface area is 210 Å². The van der Waals surface area contributed by atoms with Crippen molar-refractivity contribution in [2.75, 3.05) is 33.7 Å². The van der Waals surface area contributed by atoms with Gasteiger partial charge >= 0.3 is 0 Å². The molecule has 4 rings (SSSR count). The summed E-state index contributed by atoms with van der Waals surface area (Å²) >= 11 is 0. The number of ketones is 2. The first-order valence-corrected chi connectivity index (χ1v) is 11.8. The number of likely N-dealkylation sites (N-methyl/N-ethyl adjacent to an activating group) is 1. The SMILES string of the molecule is Cc1c(F)cccc1C1C(C(=O)c2cccnc2)CN(CC(=O)N(C)C)CC1C(=O)c1cccnc1. The van der Waals surface area contributed by atoms with Gasteiger partial charge in [-0.3, -0.25) is 29.3 Å². The second kappa shape index (κ2) is 10.9. The molecule has 3 aromatic rings. The van der Waals surface area contributed by atoms with E-state index in [9.17, 15) is 18.8 Å². The molecule has 1 saturated heterocycles. The molecule has 0 saturated carbocycles. The van der Waals surface area contributed by atoms with Crippen molar-refractivity contribution >= 4 is 17.5 Å². The predicted molar refractivity (Wildman–Crippen MR) is 133 cm³/mol. The normalized spacial score (nSPS) is 20.1. The first-order chi connectivity index (χ1) is 17.3. The van der Waals surface area contributed by atoms with Gasteiger partial charge in [0.1, 0.15) is 5.82 Å². The number of halogens is 1. The fraction of sp³-hybridized carbons (Fsp3) is 0.321. The first-order valence-electron chi connectivity index (χ1n) is 11.8. The second-order valence-corrected chi connectivity index (χ2v) is 9.39. The van der Waals surface area contributed by atoms with Gasteiger partial charge in [0, 0.05) is 80.9 Å². The monoisotopic (exact) mass is 488 g/mol. The lowest BCUT2D eigenvalue weighted by Gasteiger charge is -2.43. The van der Waals surface area contributed by atoms with E-state index in [1.165, 1.54) is 23.4 Å². The highest BCUT2D eigenvalue weighted by Crippen LogP contribution is 2.42. The number of pyridine rings is 2. The van der Waals surface area contributed by atoms with E-state index in [-0.39, 0.29) is 37.1 Å². The molecule has 1 fully saturated rings. The summed E-state index contributed by atoms with van der Waals surface area (Å²) in [6, 6.07) is 11.5. The van der Waals surface area contributed by atoms with Crippen molar-refractivity contribution in [2.24, 2.45) is 11.8 Å². The van der Waals surface area contributed by atoms with Gasteiger partial charge in [-0.25, -0.2) is 4.39 Å². The number of benzene rings is 1. The summed E-state index contributed by atoms with van der Waals surface area (Å²) < 4.78 is 14.7. The van der Waals surface area contributed by atoms with Crippen LogP contribution in [0.15, 0.2) is 67.3 Å². The number of likely N-dealkylation sites (tertiary alicyclic amines) is 1. The van der Waals surface area contributed by atoms with Crippen molar-refractivity contribution in [1.29, 1.82) is 0 Å². The van der Waals surface area contributed by atoms with Crippen LogP contribution in [0.5, 0.6) is 0 Å². The lowest BCUT2D eigenvalue weighted by Crippen LogP contribution is -2.52. The molecule has 2 aromatic heterocycles. The average molecular weight is 489 g/mol. The van der Waals surface area contributed by atoms with Gasteiger partial charge in [0.15, 0.2) is 11.6 Å². The molecule has 1 aromatic carbocycles. The lowest BCUT2D eigenvalue weighted by molar-refractivity contribution is -0.130. The fourth-order valence-electron chi connectivity index (χ4n) is 4.96. The minimum Gasteiger partial charge on any atom is -0.348 e. The molecule has 1 aliphatic rings. The Morgan fingerprint density at radius 2 is 1.47 bits per heavy atom. The molecule has 0 spiro atoms. The van der Waals surface area contributed by atoms with Gasteiger partial charge < -0.3 is 4.90 Å². The smallest absolute Gasteiger partial charge is 0.236 e. The number of carbonyl (C=O) groups excluding carboxylic acids is 3. The van der Waals surface area contributed by atoms with Gasteiger partial charge in [-0.15, -0.1) is 0 Å². The molecule has 8 heteroatoms. The zero-order chi connectivity index (χ0) is 25.8. The molecule has 186 valence electrons. The van der Waals surface area contributed by atoms with Crippen molar-refractivity contribution in [2.45, 2.75) is 12.8 Å². The summed E-state index contributed by atoms with van der Waals surface area (Å²) in [6.07, 6.45) is 6.17. The third kappa shape index (κ3) is 5.23. The molecule has 2 atom stereocenters. The van der Waals surface area contributed by atoms with E-state index < -0.39 is 23.6 Å². The van der Waals surface area contributed by atoms with Gasteiger partial charge in [-0.1, -0.05) is 12.1 Å². The molecular weight excluding hydrogens is 459 g/mol. The van der Waals surface area contributed by atoms with Gasteiger partial charge in [-0.2, -0.15) is 0 Å². The van der Waals surface area contributed by atoms with Crippen LogP contribution in [0.1, 0.15) is 37.8 Å². The minimum atomic E-state index is -0.691. The predicted octanol–water partition coefficient (Wildman–Crippen LogP) is 3.41. The Kier molecular flexibility index (Phi) is 7.64. The van der Waals surface area contributed by atoms with Crippen molar-refractivity contribution in [1.82, 2.24) is 19.8 Å². The summed E-state index contributed by atoms with van der Waals surface area (Å²) in [7, 11) is 3.34. The summed E-state index contributed by atoms with van der Waals surface area (Å²) in [4.78, 5) is 51.9. The van der Waals surface area contributed by atoms with Crippen LogP contribution in [-0.2, 0) is 4.79 Å². The number of carbonyl (C=O) groups is 3. The number of piperidine rings is 1. The van der Waals surface area contributed by atoms with E-state index >= 15 is 0 Å². The summed E-state index contributed by atoms with van der Waals surface area (Å²) in [5.41, 5.74) is 1.86. The van der Waals surface area contributed by atoms with E-state index in [0.717, 1.165) is 0 Å². The van der Waals surface area contributed by atoms with E-state index in [2.05, 4.69) is 9.97 Å². The zero-order valence-electron chi connectivity index (χ0n) is 20.6. The zero-order valence-corrected chi connectivity index (χ0v) is 20.6. The highest BCUT2D eigenvalue weighted by atomic mass is 19.1. The Bertz CT molecular complexity index is 1190. The maximum absolute atomic E-state index is 14.7. The molecular formula is C28H29FN4O3. The van der Waals surface area contributed by atoms with Crippen LogP contribution in [0.4, 0.5) is 4.39 Å². The number of hydrogen-bond donors (Lipinski definition) is 0. The Balaban J connectivity index is 1.85. The van der Waals surface area contributed by atoms with Crippen molar-refractivity contribution in [3.05, 3.63) is 95.3 Å². The molecule has 1 aliphatic heterocycles. The van der Waals surface area contributed by atoms with Crippen LogP contribution < -0.4 is 0 Å². The standard InChI is InChI=1S/C28H29FN4O3/c1-18-21(9-4-10-24(18)29)26-22(27(35)19-7-5-11-30-13-19)15-33(17-25(34)32(2)3)16-23(26)28(36)20-8-6-12-31-14-20/h4-14,22-23,26H,15-17H2,1-3H3. The van der Waals surface area contributed by atoms with Crippen LogP contribution in [0.3, 0.4) is 0 Å². The Morgan fingerprint density at radius 1 is 0.917 bits per heavy atom. The van der Waals surface area contributed by atoms with Crippen LogP contribution in [-0.4, -0.2) is 71.0 Å². The molecule has 7 nitrogen and oxygen atoms in total. The van der Waals surface area contributed by atoms with E-state index in [1.54, 1.807) is 69.8 Å². The highest BCUT2D eigenvalue weighted by molar-refractivity contribution is 6.02. The lowest BCUT2D eigenvalue weighted by atomic mass is 9.68. The van der Waals surface area contributed by atoms with Crippen molar-refractivity contribution in [3.8, 4) is 0 Å². The number of Topliss-reactive ketones (excluding diaryl/α,β-unsaturated/α-hetero) is 2. The van der Waals surface area contributed by atoms with Crippen molar-refractivity contribution < 1.29 is 18.8 Å². The Morgan fingerprint density at radius 3 is 1.94 bits per heavy atom. The molecule has 36 heavy (non-hydrogen) atoms. The van der Waals surface area contributed by atoms with Gasteiger partial charge in [0.2, 0.25) is 5.91 Å². The third-order valence-corrected chi connectivity index (χ3v) is 6.87. The quantitative estimate of drug-likeness (QED) is 0.474. The van der Waals surface area contributed by atoms with Gasteiger partial charge in [0.05, 0.1) is 6.54 Å². The maximum atomic E-state index is 14.7. The van der Waals surface area contributed by atoms with Crippen LogP contribution in [0, 0.1) is 24.6 Å². The maximum Gasteiger partial charge on any atom is 0.236 e. The van der Waals surface area contributed by atoms with Crippen LogP contribution in [0.2, 0.25) is 0 Å². The van der Waals surface area contributed by atoms with Crippen molar-refractivity contribution in [3.63, 3.8) is 0 Å². The first kappa shape index (κ1) is 25.3. The van der Waals surface area contributed by atoms with E-state index in [4.69, 9.17) is 0 Å². The second-order valence-electron chi connectivity index (χ2n) is 9.39. The molecule has 2 unspecified atom stereocenters. The minimum absolute atomic E-state index is 0.0650. The number of hydrogen-bond acceptors (Lipinski definition) is 6. The summed E-state index contributed by atoms with van der Waals surface area (Å²) in [5, 5.41) is 0. The number of aromatic nitrogens is 2. The Hall–Kier alpha value is -3.78. The van der Waals surface area contributed by atoms with E-state index in [1.807, 2.05) is 4.90 Å². The molecule has 3 heterocycles. The average Bonchev–Trinajstić information content (AvgIpc) is 2.90. The highest BCUT2D eigenvalue weighted by Gasteiger charge is 2.46. The molecule has 1 amide bonds. The largest absolute Gasteiger partial charge is 0.348 e. The number of nitrogens with zero attached hydrogens (tertiary/aromatic N) is 4. The topological polar surface area (TPSA) is 83.5 Å².